The van der Waals surface area contributed by atoms with Crippen molar-refractivity contribution in [3.8, 4) is 0 Å². The molecule has 2 aromatic rings. The monoisotopic (exact) mass is 412 g/mol. The fraction of sp³-hybridized carbons (Fsp3) is 0.417. The smallest absolute Gasteiger partial charge is 0.407 e. The molecule has 0 aliphatic heterocycles. The predicted molar refractivity (Wildman–Crippen MR) is 117 cm³/mol. The second-order valence-electron chi connectivity index (χ2n) is 7.10. The Labute approximate surface area is 179 Å². The molecule has 2 aromatic carbocycles. The van der Waals surface area contributed by atoms with Gasteiger partial charge in [-0.2, -0.15) is 0 Å². The molecule has 0 atom stereocenters. The van der Waals surface area contributed by atoms with Gasteiger partial charge >= 0.3 is 12.2 Å². The van der Waals surface area contributed by atoms with Crippen LogP contribution in [0.2, 0.25) is 0 Å². The van der Waals surface area contributed by atoms with Crippen LogP contribution in [0.25, 0.3) is 0 Å². The lowest BCUT2D eigenvalue weighted by atomic mass is 10.1. The molecular formula is C24H32N2O4. The van der Waals surface area contributed by atoms with Gasteiger partial charge in [0.25, 0.3) is 0 Å². The molecule has 30 heavy (non-hydrogen) atoms. The van der Waals surface area contributed by atoms with E-state index in [0.717, 1.165) is 49.7 Å². The predicted octanol–water partition coefficient (Wildman–Crippen LogP) is 5.18. The maximum Gasteiger partial charge on any atom is 0.407 e. The molecule has 0 spiro atoms. The fourth-order valence-corrected chi connectivity index (χ4v) is 2.89. The van der Waals surface area contributed by atoms with Crippen LogP contribution in [0.4, 0.5) is 9.59 Å². The average Bonchev–Trinajstić information content (AvgIpc) is 2.79. The Balaban J connectivity index is 1.34. The molecule has 2 N–H and O–H groups in total. The molecule has 2 amide bonds. The van der Waals surface area contributed by atoms with Gasteiger partial charge in [0.2, 0.25) is 0 Å². The molecule has 0 aliphatic rings. The molecule has 0 radical (unpaired) electrons. The Hall–Kier alpha value is -3.02. The summed E-state index contributed by atoms with van der Waals surface area (Å²) in [7, 11) is 0. The van der Waals surface area contributed by atoms with Crippen LogP contribution in [0.3, 0.4) is 0 Å². The summed E-state index contributed by atoms with van der Waals surface area (Å²) in [5.74, 6) is 0. The van der Waals surface area contributed by atoms with Crippen LogP contribution in [-0.2, 0) is 22.7 Å². The molecule has 2 rings (SSSR count). The summed E-state index contributed by atoms with van der Waals surface area (Å²) in [6, 6.07) is 19.3. The van der Waals surface area contributed by atoms with E-state index in [0.29, 0.717) is 26.3 Å². The lowest BCUT2D eigenvalue weighted by Crippen LogP contribution is -2.25. The van der Waals surface area contributed by atoms with Gasteiger partial charge in [0, 0.05) is 13.1 Å². The van der Waals surface area contributed by atoms with Crippen LogP contribution >= 0.6 is 0 Å². The number of carbonyl (C=O) groups is 2. The van der Waals surface area contributed by atoms with Gasteiger partial charge in [0.15, 0.2) is 0 Å². The summed E-state index contributed by atoms with van der Waals surface area (Å²) < 4.78 is 10.3. The van der Waals surface area contributed by atoms with Crippen LogP contribution < -0.4 is 10.6 Å². The molecule has 0 saturated carbocycles. The minimum Gasteiger partial charge on any atom is -0.445 e. The number of hydrogen-bond acceptors (Lipinski definition) is 4. The summed E-state index contributed by atoms with van der Waals surface area (Å²) in [6.07, 6.45) is 5.47. The van der Waals surface area contributed by atoms with E-state index < -0.39 is 0 Å². The van der Waals surface area contributed by atoms with E-state index in [4.69, 9.17) is 9.47 Å². The molecule has 6 nitrogen and oxygen atoms in total. The van der Waals surface area contributed by atoms with Crippen molar-refractivity contribution >= 4 is 12.2 Å². The first-order chi connectivity index (χ1) is 14.7. The average molecular weight is 413 g/mol. The third-order valence-corrected chi connectivity index (χ3v) is 4.57. The third-order valence-electron chi connectivity index (χ3n) is 4.57. The Morgan fingerprint density at radius 2 is 0.933 bits per heavy atom. The first-order valence-corrected chi connectivity index (χ1v) is 10.6. The molecule has 0 unspecified atom stereocenters. The first-order valence-electron chi connectivity index (χ1n) is 10.6. The molecule has 162 valence electrons. The molecule has 0 saturated heterocycles. The van der Waals surface area contributed by atoms with E-state index in [1.807, 2.05) is 60.7 Å². The highest BCUT2D eigenvalue weighted by atomic mass is 16.6. The van der Waals surface area contributed by atoms with E-state index in [2.05, 4.69) is 10.6 Å². The van der Waals surface area contributed by atoms with Gasteiger partial charge in [0.1, 0.15) is 13.2 Å². The number of rotatable bonds is 13. The van der Waals surface area contributed by atoms with Crippen molar-refractivity contribution < 1.29 is 19.1 Å². The van der Waals surface area contributed by atoms with Gasteiger partial charge in [-0.25, -0.2) is 9.59 Å². The quantitative estimate of drug-likeness (QED) is 0.445. The van der Waals surface area contributed by atoms with Crippen LogP contribution in [0, 0.1) is 0 Å². The number of benzene rings is 2. The molecule has 0 aliphatic carbocycles. The number of unbranched alkanes of at least 4 members (excludes halogenated alkanes) is 5. The van der Waals surface area contributed by atoms with E-state index >= 15 is 0 Å². The van der Waals surface area contributed by atoms with Gasteiger partial charge in [-0.05, 0) is 24.0 Å². The zero-order valence-electron chi connectivity index (χ0n) is 17.5. The lowest BCUT2D eigenvalue weighted by molar-refractivity contribution is 0.138. The van der Waals surface area contributed by atoms with Gasteiger partial charge in [0.05, 0.1) is 0 Å². The number of nitrogens with one attached hydrogen (secondary N) is 2. The van der Waals surface area contributed by atoms with Gasteiger partial charge in [-0.3, -0.25) is 0 Å². The van der Waals surface area contributed by atoms with Gasteiger partial charge in [-0.15, -0.1) is 0 Å². The molecule has 0 fully saturated rings. The molecule has 0 bridgehead atoms. The highest BCUT2D eigenvalue weighted by molar-refractivity contribution is 5.67. The minimum absolute atomic E-state index is 0.292. The van der Waals surface area contributed by atoms with E-state index in [9.17, 15) is 9.59 Å². The Bertz CT molecular complexity index is 659. The third kappa shape index (κ3) is 11.1. The summed E-state index contributed by atoms with van der Waals surface area (Å²) in [4.78, 5) is 23.3. The summed E-state index contributed by atoms with van der Waals surface area (Å²) in [5.41, 5.74) is 1.96. The molecular weight excluding hydrogens is 380 g/mol. The highest BCUT2D eigenvalue weighted by Gasteiger charge is 2.03. The standard InChI is InChI=1S/C24H32N2O4/c27-23(29-19-21-13-7-5-8-14-21)25-17-11-3-1-2-4-12-18-26-24(28)30-20-22-15-9-6-10-16-22/h5-10,13-16H,1-4,11-12,17-20H2,(H,25,27)(H,26,28). The maximum atomic E-state index is 11.6. The second-order valence-corrected chi connectivity index (χ2v) is 7.10. The summed E-state index contributed by atoms with van der Waals surface area (Å²) >= 11 is 0. The molecule has 0 heterocycles. The van der Waals surface area contributed by atoms with Crippen molar-refractivity contribution in [1.29, 1.82) is 0 Å². The molecule has 0 aromatic heterocycles. The van der Waals surface area contributed by atoms with Crippen molar-refractivity contribution in [3.05, 3.63) is 71.8 Å². The largest absolute Gasteiger partial charge is 0.445 e. The zero-order valence-corrected chi connectivity index (χ0v) is 17.5. The summed E-state index contributed by atoms with van der Waals surface area (Å²) in [5, 5.41) is 5.56. The van der Waals surface area contributed by atoms with Crippen molar-refractivity contribution in [2.75, 3.05) is 13.1 Å². The van der Waals surface area contributed by atoms with Crippen molar-refractivity contribution in [1.82, 2.24) is 10.6 Å². The highest BCUT2D eigenvalue weighted by Crippen LogP contribution is 2.05. The minimum atomic E-state index is -0.371. The van der Waals surface area contributed by atoms with Crippen molar-refractivity contribution in [3.63, 3.8) is 0 Å². The summed E-state index contributed by atoms with van der Waals surface area (Å²) in [6.45, 7) is 1.84. The van der Waals surface area contributed by atoms with Crippen LogP contribution in [0.1, 0.15) is 49.7 Å². The number of carbonyl (C=O) groups excluding carboxylic acids is 2. The van der Waals surface area contributed by atoms with Crippen molar-refractivity contribution in [2.45, 2.75) is 51.7 Å². The van der Waals surface area contributed by atoms with Crippen LogP contribution in [-0.4, -0.2) is 25.3 Å². The molecule has 6 heteroatoms. The van der Waals surface area contributed by atoms with E-state index in [1.165, 1.54) is 0 Å². The normalized spacial score (nSPS) is 10.3. The number of hydrogen-bond donors (Lipinski definition) is 2. The van der Waals surface area contributed by atoms with E-state index in [1.54, 1.807) is 0 Å². The second kappa shape index (κ2) is 14.9. The Morgan fingerprint density at radius 1 is 0.567 bits per heavy atom. The van der Waals surface area contributed by atoms with Crippen LogP contribution in [0.15, 0.2) is 60.7 Å². The Morgan fingerprint density at radius 3 is 1.33 bits per heavy atom. The fourth-order valence-electron chi connectivity index (χ4n) is 2.89. The number of alkyl carbamates (subject to hydrolysis) is 2. The van der Waals surface area contributed by atoms with E-state index in [-0.39, 0.29) is 12.2 Å². The van der Waals surface area contributed by atoms with Crippen LogP contribution in [0.5, 0.6) is 0 Å². The zero-order chi connectivity index (χ0) is 21.3. The lowest BCUT2D eigenvalue weighted by Gasteiger charge is -2.08. The Kier molecular flexibility index (Phi) is 11.6. The van der Waals surface area contributed by atoms with Gasteiger partial charge in [-0.1, -0.05) is 86.3 Å². The van der Waals surface area contributed by atoms with Crippen molar-refractivity contribution in [2.24, 2.45) is 0 Å². The number of amides is 2. The first kappa shape index (κ1) is 23.3. The topological polar surface area (TPSA) is 76.7 Å². The number of ether oxygens (including phenoxy) is 2. The van der Waals surface area contributed by atoms with Gasteiger partial charge < -0.3 is 20.1 Å². The SMILES string of the molecule is O=C(NCCCCCCCCNC(=O)OCc1ccccc1)OCc1ccccc1. The maximum absolute atomic E-state index is 11.6.